The highest BCUT2D eigenvalue weighted by atomic mass is 32.2. The number of nitrogens with one attached hydrogen (secondary N) is 1. The van der Waals surface area contributed by atoms with E-state index in [-0.39, 0.29) is 0 Å². The van der Waals surface area contributed by atoms with E-state index < -0.39 is 0 Å². The van der Waals surface area contributed by atoms with Gasteiger partial charge in [0, 0.05) is 0 Å². The maximum absolute atomic E-state index is 3.58. The van der Waals surface area contributed by atoms with E-state index in [0.29, 0.717) is 0 Å². The summed E-state index contributed by atoms with van der Waals surface area (Å²) in [6, 6.07) is 0. The van der Waals surface area contributed by atoms with Crippen LogP contribution in [0.4, 0.5) is 0 Å². The SMILES string of the molecule is CSCCCCNCC1CCCC1. The molecule has 0 aromatic carbocycles. The van der Waals surface area contributed by atoms with Crippen LogP contribution in [0.1, 0.15) is 38.5 Å². The molecule has 0 bridgehead atoms. The molecule has 0 aliphatic heterocycles. The summed E-state index contributed by atoms with van der Waals surface area (Å²) in [6.45, 7) is 2.51. The normalized spacial score (nSPS) is 18.2. The maximum atomic E-state index is 3.58. The van der Waals surface area contributed by atoms with Crippen LogP contribution in [0.5, 0.6) is 0 Å². The molecule has 0 aromatic heterocycles. The topological polar surface area (TPSA) is 12.0 Å². The van der Waals surface area contributed by atoms with E-state index in [4.69, 9.17) is 0 Å². The molecule has 0 heterocycles. The first-order valence-electron chi connectivity index (χ1n) is 5.63. The smallest absolute Gasteiger partial charge is 0.00205 e. The fraction of sp³-hybridized carbons (Fsp3) is 1.00. The largest absolute Gasteiger partial charge is 0.316 e. The second kappa shape index (κ2) is 7.69. The number of hydrogen-bond acceptors (Lipinski definition) is 2. The molecule has 1 rings (SSSR count). The average Bonchev–Trinajstić information content (AvgIpc) is 2.63. The van der Waals surface area contributed by atoms with Gasteiger partial charge < -0.3 is 5.32 Å². The van der Waals surface area contributed by atoms with E-state index in [1.54, 1.807) is 0 Å². The Hall–Kier alpha value is 0.310. The van der Waals surface area contributed by atoms with Gasteiger partial charge in [-0.3, -0.25) is 0 Å². The van der Waals surface area contributed by atoms with Crippen molar-refractivity contribution in [3.63, 3.8) is 0 Å². The predicted molar refractivity (Wildman–Crippen MR) is 62.4 cm³/mol. The Morgan fingerprint density at radius 2 is 2.00 bits per heavy atom. The Labute approximate surface area is 87.1 Å². The fourth-order valence-electron chi connectivity index (χ4n) is 2.02. The monoisotopic (exact) mass is 201 g/mol. The minimum absolute atomic E-state index is 1.00. The lowest BCUT2D eigenvalue weighted by Gasteiger charge is -2.09. The summed E-state index contributed by atoms with van der Waals surface area (Å²) in [5.41, 5.74) is 0. The van der Waals surface area contributed by atoms with Gasteiger partial charge in [-0.15, -0.1) is 0 Å². The zero-order valence-electron chi connectivity index (χ0n) is 8.85. The van der Waals surface area contributed by atoms with Crippen LogP contribution in [0.3, 0.4) is 0 Å². The Balaban J connectivity index is 1.78. The number of rotatable bonds is 7. The third-order valence-corrected chi connectivity index (χ3v) is 3.56. The van der Waals surface area contributed by atoms with Gasteiger partial charge in [0.25, 0.3) is 0 Å². The summed E-state index contributed by atoms with van der Waals surface area (Å²) in [4.78, 5) is 0. The van der Waals surface area contributed by atoms with Gasteiger partial charge in [-0.2, -0.15) is 11.8 Å². The van der Waals surface area contributed by atoms with Crippen molar-refractivity contribution >= 4 is 11.8 Å². The summed E-state index contributed by atoms with van der Waals surface area (Å²) in [6.07, 6.45) is 10.8. The Morgan fingerprint density at radius 3 is 2.69 bits per heavy atom. The molecule has 1 aliphatic rings. The molecule has 0 atom stereocenters. The first-order chi connectivity index (χ1) is 6.43. The van der Waals surface area contributed by atoms with Gasteiger partial charge in [0.15, 0.2) is 0 Å². The van der Waals surface area contributed by atoms with E-state index in [0.717, 1.165) is 5.92 Å². The predicted octanol–water partition coefficient (Wildman–Crippen LogP) is 2.91. The van der Waals surface area contributed by atoms with Crippen molar-refractivity contribution in [2.24, 2.45) is 5.92 Å². The highest BCUT2D eigenvalue weighted by Gasteiger charge is 2.13. The van der Waals surface area contributed by atoms with Gasteiger partial charge in [-0.1, -0.05) is 12.8 Å². The lowest BCUT2D eigenvalue weighted by Crippen LogP contribution is -2.22. The second-order valence-electron chi connectivity index (χ2n) is 4.05. The van der Waals surface area contributed by atoms with Crippen molar-refractivity contribution in [3.05, 3.63) is 0 Å². The second-order valence-corrected chi connectivity index (χ2v) is 5.04. The van der Waals surface area contributed by atoms with Crippen molar-refractivity contribution < 1.29 is 0 Å². The molecule has 0 aromatic rings. The summed E-state index contributed by atoms with van der Waals surface area (Å²) < 4.78 is 0. The van der Waals surface area contributed by atoms with E-state index in [9.17, 15) is 0 Å². The van der Waals surface area contributed by atoms with Crippen LogP contribution in [0.15, 0.2) is 0 Å². The van der Waals surface area contributed by atoms with Crippen molar-refractivity contribution in [3.8, 4) is 0 Å². The molecule has 1 saturated carbocycles. The van der Waals surface area contributed by atoms with Crippen LogP contribution in [0, 0.1) is 5.92 Å². The lowest BCUT2D eigenvalue weighted by atomic mass is 10.1. The number of unbranched alkanes of at least 4 members (excludes halogenated alkanes) is 1. The zero-order valence-corrected chi connectivity index (χ0v) is 9.67. The Morgan fingerprint density at radius 1 is 1.23 bits per heavy atom. The summed E-state index contributed by atoms with van der Waals surface area (Å²) in [7, 11) is 0. The van der Waals surface area contributed by atoms with Gasteiger partial charge in [-0.05, 0) is 56.7 Å². The quantitative estimate of drug-likeness (QED) is 0.636. The standard InChI is InChI=1S/C11H23NS/c1-13-9-5-4-8-12-10-11-6-2-3-7-11/h11-12H,2-10H2,1H3. The molecule has 0 spiro atoms. The molecule has 0 amide bonds. The number of thioether (sulfide) groups is 1. The van der Waals surface area contributed by atoms with Crippen molar-refractivity contribution in [1.82, 2.24) is 5.32 Å². The summed E-state index contributed by atoms with van der Waals surface area (Å²) in [5.74, 6) is 2.33. The van der Waals surface area contributed by atoms with Crippen LogP contribution in [-0.2, 0) is 0 Å². The summed E-state index contributed by atoms with van der Waals surface area (Å²) >= 11 is 1.96. The molecule has 0 radical (unpaired) electrons. The van der Waals surface area contributed by atoms with Gasteiger partial charge >= 0.3 is 0 Å². The highest BCUT2D eigenvalue weighted by Crippen LogP contribution is 2.23. The Bertz CT molecular complexity index is 111. The lowest BCUT2D eigenvalue weighted by molar-refractivity contribution is 0.485. The van der Waals surface area contributed by atoms with E-state index in [1.165, 1.54) is 57.4 Å². The minimum atomic E-state index is 1.00. The van der Waals surface area contributed by atoms with Gasteiger partial charge in [0.1, 0.15) is 0 Å². The van der Waals surface area contributed by atoms with Gasteiger partial charge in [0.05, 0.1) is 0 Å². The van der Waals surface area contributed by atoms with Crippen LogP contribution >= 0.6 is 11.8 Å². The van der Waals surface area contributed by atoms with E-state index in [1.807, 2.05) is 11.8 Å². The molecule has 0 unspecified atom stereocenters. The summed E-state index contributed by atoms with van der Waals surface area (Å²) in [5, 5.41) is 3.58. The fourth-order valence-corrected chi connectivity index (χ4v) is 2.51. The van der Waals surface area contributed by atoms with E-state index >= 15 is 0 Å². The molecule has 1 aliphatic carbocycles. The Kier molecular flexibility index (Phi) is 6.73. The van der Waals surface area contributed by atoms with Crippen molar-refractivity contribution in [2.45, 2.75) is 38.5 Å². The molecule has 1 N–H and O–H groups in total. The molecule has 1 fully saturated rings. The van der Waals surface area contributed by atoms with Crippen LogP contribution in [-0.4, -0.2) is 25.1 Å². The molecule has 2 heteroatoms. The molecule has 78 valence electrons. The highest BCUT2D eigenvalue weighted by molar-refractivity contribution is 7.98. The zero-order chi connectivity index (χ0) is 9.36. The van der Waals surface area contributed by atoms with Crippen molar-refractivity contribution in [1.29, 1.82) is 0 Å². The minimum Gasteiger partial charge on any atom is -0.316 e. The average molecular weight is 201 g/mol. The molecule has 1 nitrogen and oxygen atoms in total. The van der Waals surface area contributed by atoms with E-state index in [2.05, 4.69) is 11.6 Å². The first-order valence-corrected chi connectivity index (χ1v) is 7.02. The first kappa shape index (κ1) is 11.4. The molecular weight excluding hydrogens is 178 g/mol. The van der Waals surface area contributed by atoms with Crippen LogP contribution in [0.25, 0.3) is 0 Å². The molecular formula is C11H23NS. The van der Waals surface area contributed by atoms with Gasteiger partial charge in [0.2, 0.25) is 0 Å². The molecule has 0 saturated heterocycles. The molecule has 13 heavy (non-hydrogen) atoms. The van der Waals surface area contributed by atoms with Gasteiger partial charge in [-0.25, -0.2) is 0 Å². The third kappa shape index (κ3) is 5.58. The maximum Gasteiger partial charge on any atom is -0.00205 e. The number of hydrogen-bond donors (Lipinski definition) is 1. The third-order valence-electron chi connectivity index (χ3n) is 2.86. The van der Waals surface area contributed by atoms with Crippen molar-refractivity contribution in [2.75, 3.05) is 25.1 Å². The van der Waals surface area contributed by atoms with Crippen LogP contribution in [0.2, 0.25) is 0 Å². The van der Waals surface area contributed by atoms with Crippen LogP contribution < -0.4 is 5.32 Å².